The quantitative estimate of drug-likeness (QED) is 0.878. The average Bonchev–Trinajstić information content (AvgIpc) is 2.86. The van der Waals surface area contributed by atoms with Gasteiger partial charge in [-0.15, -0.1) is 0 Å². The van der Waals surface area contributed by atoms with Gasteiger partial charge < -0.3 is 14.7 Å². The summed E-state index contributed by atoms with van der Waals surface area (Å²) in [6.45, 7) is 1.75. The fourth-order valence-electron chi connectivity index (χ4n) is 1.49. The maximum atomic E-state index is 13.5. The van der Waals surface area contributed by atoms with Crippen molar-refractivity contribution in [2.75, 3.05) is 0 Å². The summed E-state index contributed by atoms with van der Waals surface area (Å²) >= 11 is 0. The first-order chi connectivity index (χ1) is 9.02. The Morgan fingerprint density at radius 3 is 2.84 bits per heavy atom. The zero-order valence-electron chi connectivity index (χ0n) is 10.00. The maximum Gasteiger partial charge on any atom is 0.338 e. The van der Waals surface area contributed by atoms with Crippen molar-refractivity contribution in [1.29, 1.82) is 0 Å². The average molecular weight is 266 g/mol. The Morgan fingerprint density at radius 2 is 2.26 bits per heavy atom. The van der Waals surface area contributed by atoms with E-state index in [9.17, 15) is 14.3 Å². The fraction of sp³-hybridized carbons (Fsp3) is 0.250. The number of halogens is 1. The van der Waals surface area contributed by atoms with E-state index < -0.39 is 23.5 Å². The van der Waals surface area contributed by atoms with Crippen molar-refractivity contribution in [1.82, 2.24) is 10.1 Å². The molecule has 0 fully saturated rings. The number of aromatic carboxylic acids is 1. The SMILES string of the molecule is CC[C@H](O)c1noc(-c2ccc(C(=O)O)c(F)c2)n1. The molecule has 0 aliphatic rings. The van der Waals surface area contributed by atoms with E-state index >= 15 is 0 Å². The van der Waals surface area contributed by atoms with Crippen LogP contribution < -0.4 is 0 Å². The monoisotopic (exact) mass is 266 g/mol. The second-order valence-electron chi connectivity index (χ2n) is 3.88. The zero-order valence-corrected chi connectivity index (χ0v) is 10.00. The Morgan fingerprint density at radius 1 is 1.53 bits per heavy atom. The van der Waals surface area contributed by atoms with E-state index in [-0.39, 0.29) is 17.3 Å². The largest absolute Gasteiger partial charge is 0.478 e. The third-order valence-electron chi connectivity index (χ3n) is 2.57. The number of nitrogens with zero attached hydrogens (tertiary/aromatic N) is 2. The van der Waals surface area contributed by atoms with Gasteiger partial charge in [-0.25, -0.2) is 9.18 Å². The van der Waals surface area contributed by atoms with Crippen LogP contribution >= 0.6 is 0 Å². The third kappa shape index (κ3) is 2.60. The number of hydrogen-bond donors (Lipinski definition) is 2. The van der Waals surface area contributed by atoms with Crippen molar-refractivity contribution in [3.63, 3.8) is 0 Å². The summed E-state index contributed by atoms with van der Waals surface area (Å²) in [4.78, 5) is 14.6. The van der Waals surface area contributed by atoms with Crippen LogP contribution in [0.25, 0.3) is 11.5 Å². The minimum Gasteiger partial charge on any atom is -0.478 e. The van der Waals surface area contributed by atoms with Crippen molar-refractivity contribution >= 4 is 5.97 Å². The summed E-state index contributed by atoms with van der Waals surface area (Å²) in [7, 11) is 0. The number of carbonyl (C=O) groups is 1. The molecule has 100 valence electrons. The molecule has 0 unspecified atom stereocenters. The van der Waals surface area contributed by atoms with E-state index in [1.807, 2.05) is 0 Å². The molecule has 1 heterocycles. The Bertz CT molecular complexity index is 612. The van der Waals surface area contributed by atoms with E-state index in [0.29, 0.717) is 6.42 Å². The molecule has 1 atom stereocenters. The van der Waals surface area contributed by atoms with E-state index in [4.69, 9.17) is 9.63 Å². The first-order valence-corrected chi connectivity index (χ1v) is 5.57. The smallest absolute Gasteiger partial charge is 0.338 e. The van der Waals surface area contributed by atoms with Gasteiger partial charge in [0.25, 0.3) is 5.89 Å². The Labute approximate surface area is 107 Å². The number of hydrogen-bond acceptors (Lipinski definition) is 5. The minimum atomic E-state index is -1.35. The van der Waals surface area contributed by atoms with Crippen LogP contribution in [0.3, 0.4) is 0 Å². The van der Waals surface area contributed by atoms with Crippen LogP contribution in [0.4, 0.5) is 4.39 Å². The molecule has 0 amide bonds. The Balaban J connectivity index is 2.35. The number of rotatable bonds is 4. The van der Waals surface area contributed by atoms with E-state index in [0.717, 1.165) is 12.1 Å². The van der Waals surface area contributed by atoms with Crippen LogP contribution in [-0.2, 0) is 0 Å². The van der Waals surface area contributed by atoms with Crippen LogP contribution in [-0.4, -0.2) is 26.3 Å². The van der Waals surface area contributed by atoms with Gasteiger partial charge in [-0.05, 0) is 24.6 Å². The second kappa shape index (κ2) is 5.15. The molecule has 0 aliphatic carbocycles. The molecular formula is C12H11FN2O4. The van der Waals surface area contributed by atoms with E-state index in [1.165, 1.54) is 6.07 Å². The summed E-state index contributed by atoms with van der Waals surface area (Å²) in [5.74, 6) is -2.10. The van der Waals surface area contributed by atoms with Crippen molar-refractivity contribution in [3.8, 4) is 11.5 Å². The van der Waals surface area contributed by atoms with Crippen molar-refractivity contribution < 1.29 is 23.9 Å². The normalized spacial score (nSPS) is 12.4. The number of carboxylic acid groups (broad SMARTS) is 1. The highest BCUT2D eigenvalue weighted by Crippen LogP contribution is 2.22. The lowest BCUT2D eigenvalue weighted by atomic mass is 10.1. The first-order valence-electron chi connectivity index (χ1n) is 5.57. The topological polar surface area (TPSA) is 96.5 Å². The molecule has 2 N–H and O–H groups in total. The van der Waals surface area contributed by atoms with Crippen LogP contribution in [0.5, 0.6) is 0 Å². The Hall–Kier alpha value is -2.28. The summed E-state index contributed by atoms with van der Waals surface area (Å²) in [5.41, 5.74) is -0.179. The van der Waals surface area contributed by atoms with Crippen LogP contribution in [0.2, 0.25) is 0 Å². The van der Waals surface area contributed by atoms with Crippen molar-refractivity contribution in [2.24, 2.45) is 0 Å². The number of aliphatic hydroxyl groups excluding tert-OH is 1. The van der Waals surface area contributed by atoms with Crippen molar-refractivity contribution in [3.05, 3.63) is 35.4 Å². The molecule has 0 saturated carbocycles. The lowest BCUT2D eigenvalue weighted by Gasteiger charge is -1.99. The van der Waals surface area contributed by atoms with Gasteiger partial charge in [-0.3, -0.25) is 0 Å². The van der Waals surface area contributed by atoms with Gasteiger partial charge in [0, 0.05) is 5.56 Å². The molecule has 19 heavy (non-hydrogen) atoms. The molecule has 6 nitrogen and oxygen atoms in total. The predicted octanol–water partition coefficient (Wildman–Crippen LogP) is 2.02. The highest BCUT2D eigenvalue weighted by Gasteiger charge is 2.17. The molecule has 1 aromatic carbocycles. The van der Waals surface area contributed by atoms with E-state index in [1.54, 1.807) is 6.92 Å². The fourth-order valence-corrected chi connectivity index (χ4v) is 1.49. The standard InChI is InChI=1S/C12H11FN2O4/c1-2-9(16)10-14-11(19-15-10)6-3-4-7(12(17)18)8(13)5-6/h3-5,9,16H,2H2,1H3,(H,17,18)/t9-/m0/s1. The first kappa shape index (κ1) is 13.2. The molecule has 2 aromatic rings. The number of benzene rings is 1. The summed E-state index contributed by atoms with van der Waals surface area (Å²) in [5, 5.41) is 21.8. The van der Waals surface area contributed by atoms with Gasteiger partial charge in [0.1, 0.15) is 11.9 Å². The molecule has 7 heteroatoms. The highest BCUT2D eigenvalue weighted by molar-refractivity contribution is 5.88. The summed E-state index contributed by atoms with van der Waals surface area (Å²) in [6.07, 6.45) is -0.425. The number of aromatic nitrogens is 2. The molecule has 0 bridgehead atoms. The van der Waals surface area contributed by atoms with Crippen molar-refractivity contribution in [2.45, 2.75) is 19.4 Å². The zero-order chi connectivity index (χ0) is 14.0. The maximum absolute atomic E-state index is 13.5. The number of aliphatic hydroxyl groups is 1. The minimum absolute atomic E-state index is 0.0262. The van der Waals surface area contributed by atoms with Gasteiger partial charge in [-0.2, -0.15) is 4.98 Å². The molecule has 0 radical (unpaired) electrons. The molecule has 0 saturated heterocycles. The van der Waals surface area contributed by atoms with Crippen LogP contribution in [0.15, 0.2) is 22.7 Å². The third-order valence-corrected chi connectivity index (χ3v) is 2.57. The van der Waals surface area contributed by atoms with E-state index in [2.05, 4.69) is 10.1 Å². The Kier molecular flexibility index (Phi) is 3.57. The van der Waals surface area contributed by atoms with Gasteiger partial charge in [0.05, 0.1) is 5.56 Å². The lowest BCUT2D eigenvalue weighted by molar-refractivity contribution is 0.0692. The summed E-state index contributed by atoms with van der Waals surface area (Å²) in [6, 6.07) is 3.48. The highest BCUT2D eigenvalue weighted by atomic mass is 19.1. The van der Waals surface area contributed by atoms with Crippen LogP contribution in [0.1, 0.15) is 35.6 Å². The van der Waals surface area contributed by atoms with Crippen LogP contribution in [0, 0.1) is 5.82 Å². The lowest BCUT2D eigenvalue weighted by Crippen LogP contribution is -2.00. The van der Waals surface area contributed by atoms with Gasteiger partial charge in [-0.1, -0.05) is 12.1 Å². The van der Waals surface area contributed by atoms with Gasteiger partial charge >= 0.3 is 5.97 Å². The van der Waals surface area contributed by atoms with Gasteiger partial charge in [0.15, 0.2) is 0 Å². The molecule has 0 aliphatic heterocycles. The molecule has 0 spiro atoms. The molecular weight excluding hydrogens is 255 g/mol. The summed E-state index contributed by atoms with van der Waals surface area (Å²) < 4.78 is 18.4. The number of carboxylic acids is 1. The molecule has 1 aromatic heterocycles. The van der Waals surface area contributed by atoms with Gasteiger partial charge in [0.2, 0.25) is 5.82 Å². The predicted molar refractivity (Wildman–Crippen MR) is 61.9 cm³/mol. The second-order valence-corrected chi connectivity index (χ2v) is 3.88. The molecule has 2 rings (SSSR count).